The molecule has 0 amide bonds. The number of thioether (sulfide) groups is 1. The zero-order valence-electron chi connectivity index (χ0n) is 10.5. The highest BCUT2D eigenvalue weighted by molar-refractivity contribution is 7.99. The lowest BCUT2D eigenvalue weighted by Crippen LogP contribution is -2.39. The molecule has 2 heteroatoms. The zero-order valence-corrected chi connectivity index (χ0v) is 11.4. The molecule has 1 fully saturated rings. The molecule has 1 saturated carbocycles. The summed E-state index contributed by atoms with van der Waals surface area (Å²) >= 11 is 2.01. The summed E-state index contributed by atoms with van der Waals surface area (Å²) < 4.78 is 0. The maximum atomic E-state index is 3.81. The number of rotatable bonds is 3. The summed E-state index contributed by atoms with van der Waals surface area (Å²) in [6, 6.07) is 9.47. The molecule has 2 aliphatic rings. The van der Waals surface area contributed by atoms with Gasteiger partial charge in [-0.1, -0.05) is 31.5 Å². The van der Waals surface area contributed by atoms with Crippen molar-refractivity contribution in [3.63, 3.8) is 0 Å². The molecule has 0 aromatic heterocycles. The minimum absolute atomic E-state index is 0.583. The maximum absolute atomic E-state index is 3.81. The minimum atomic E-state index is 0.583. The molecule has 1 aromatic rings. The van der Waals surface area contributed by atoms with Gasteiger partial charge < -0.3 is 5.32 Å². The summed E-state index contributed by atoms with van der Waals surface area (Å²) in [5.74, 6) is 1.26. The SMILES string of the molecule is CC1(CNC2CCSc3ccccc32)CCC1. The van der Waals surface area contributed by atoms with Gasteiger partial charge in [-0.25, -0.2) is 0 Å². The topological polar surface area (TPSA) is 12.0 Å². The van der Waals surface area contributed by atoms with Gasteiger partial charge in [0, 0.05) is 17.5 Å². The minimum Gasteiger partial charge on any atom is -0.309 e. The van der Waals surface area contributed by atoms with Gasteiger partial charge in [-0.2, -0.15) is 0 Å². The maximum Gasteiger partial charge on any atom is 0.0339 e. The first kappa shape index (κ1) is 11.6. The molecule has 1 aromatic carbocycles. The molecule has 0 spiro atoms. The van der Waals surface area contributed by atoms with E-state index in [1.165, 1.54) is 48.4 Å². The molecule has 1 N–H and O–H groups in total. The van der Waals surface area contributed by atoms with Gasteiger partial charge in [-0.15, -0.1) is 11.8 Å². The van der Waals surface area contributed by atoms with E-state index in [2.05, 4.69) is 36.5 Å². The molecular weight excluding hydrogens is 226 g/mol. The van der Waals surface area contributed by atoms with Gasteiger partial charge in [-0.05, 0) is 42.1 Å². The summed E-state index contributed by atoms with van der Waals surface area (Å²) in [7, 11) is 0. The molecule has 92 valence electrons. The van der Waals surface area contributed by atoms with Crippen molar-refractivity contribution in [2.75, 3.05) is 12.3 Å². The van der Waals surface area contributed by atoms with E-state index in [9.17, 15) is 0 Å². The number of hydrogen-bond donors (Lipinski definition) is 1. The fourth-order valence-corrected chi connectivity index (χ4v) is 4.01. The van der Waals surface area contributed by atoms with E-state index in [1.807, 2.05) is 11.8 Å². The Morgan fingerprint density at radius 1 is 1.35 bits per heavy atom. The number of benzene rings is 1. The monoisotopic (exact) mass is 247 g/mol. The van der Waals surface area contributed by atoms with Crippen LogP contribution in [0.1, 0.15) is 44.2 Å². The number of nitrogens with one attached hydrogen (secondary N) is 1. The first-order valence-corrected chi connectivity index (χ1v) is 7.71. The van der Waals surface area contributed by atoms with Crippen LogP contribution >= 0.6 is 11.8 Å². The highest BCUT2D eigenvalue weighted by atomic mass is 32.2. The van der Waals surface area contributed by atoms with E-state index in [4.69, 9.17) is 0 Å². The van der Waals surface area contributed by atoms with Crippen molar-refractivity contribution >= 4 is 11.8 Å². The Balaban J connectivity index is 1.68. The molecule has 1 unspecified atom stereocenters. The Morgan fingerprint density at radius 3 is 2.94 bits per heavy atom. The largest absolute Gasteiger partial charge is 0.309 e. The van der Waals surface area contributed by atoms with Crippen molar-refractivity contribution in [1.29, 1.82) is 0 Å². The summed E-state index contributed by atoms with van der Waals surface area (Å²) in [5, 5.41) is 3.81. The summed E-state index contributed by atoms with van der Waals surface area (Å²) in [6.45, 7) is 3.61. The molecular formula is C15H21NS. The van der Waals surface area contributed by atoms with Crippen LogP contribution in [0.25, 0.3) is 0 Å². The average Bonchev–Trinajstić information content (AvgIpc) is 2.34. The number of hydrogen-bond acceptors (Lipinski definition) is 2. The van der Waals surface area contributed by atoms with Gasteiger partial charge in [0.2, 0.25) is 0 Å². The fourth-order valence-electron chi connectivity index (χ4n) is 2.88. The van der Waals surface area contributed by atoms with Gasteiger partial charge in [0.1, 0.15) is 0 Å². The van der Waals surface area contributed by atoms with Crippen molar-refractivity contribution in [2.24, 2.45) is 5.41 Å². The van der Waals surface area contributed by atoms with Crippen LogP contribution in [0.4, 0.5) is 0 Å². The smallest absolute Gasteiger partial charge is 0.0339 e. The van der Waals surface area contributed by atoms with Gasteiger partial charge in [0.05, 0.1) is 0 Å². The van der Waals surface area contributed by atoms with Crippen molar-refractivity contribution in [3.05, 3.63) is 29.8 Å². The van der Waals surface area contributed by atoms with Crippen LogP contribution in [-0.4, -0.2) is 12.3 Å². The van der Waals surface area contributed by atoms with Crippen molar-refractivity contribution < 1.29 is 0 Å². The summed E-state index contributed by atoms with van der Waals surface area (Å²) in [4.78, 5) is 1.48. The van der Waals surface area contributed by atoms with Crippen LogP contribution in [0.3, 0.4) is 0 Å². The van der Waals surface area contributed by atoms with Crippen molar-refractivity contribution in [1.82, 2.24) is 5.32 Å². The number of fused-ring (bicyclic) bond motifs is 1. The van der Waals surface area contributed by atoms with Crippen LogP contribution in [0.15, 0.2) is 29.2 Å². The predicted octanol–water partition coefficient (Wildman–Crippen LogP) is 4.00. The molecule has 0 bridgehead atoms. The van der Waals surface area contributed by atoms with Gasteiger partial charge in [0.15, 0.2) is 0 Å². The second kappa shape index (κ2) is 4.66. The Labute approximate surface area is 108 Å². The molecule has 1 heterocycles. The van der Waals surface area contributed by atoms with E-state index in [0.29, 0.717) is 11.5 Å². The summed E-state index contributed by atoms with van der Waals surface area (Å²) in [6.07, 6.45) is 5.51. The third-order valence-corrected chi connectivity index (χ3v) is 5.42. The predicted molar refractivity (Wildman–Crippen MR) is 74.5 cm³/mol. The lowest BCUT2D eigenvalue weighted by molar-refractivity contribution is 0.150. The Kier molecular flexibility index (Phi) is 3.18. The molecule has 0 radical (unpaired) electrons. The Morgan fingerprint density at radius 2 is 2.18 bits per heavy atom. The first-order chi connectivity index (χ1) is 8.27. The lowest BCUT2D eigenvalue weighted by atomic mass is 9.70. The van der Waals surface area contributed by atoms with Gasteiger partial charge >= 0.3 is 0 Å². The van der Waals surface area contributed by atoms with E-state index in [1.54, 1.807) is 0 Å². The molecule has 1 aliphatic heterocycles. The normalized spacial score (nSPS) is 26.1. The van der Waals surface area contributed by atoms with Crippen LogP contribution in [0.5, 0.6) is 0 Å². The van der Waals surface area contributed by atoms with Gasteiger partial charge in [0.25, 0.3) is 0 Å². The van der Waals surface area contributed by atoms with E-state index in [-0.39, 0.29) is 0 Å². The quantitative estimate of drug-likeness (QED) is 0.866. The zero-order chi connectivity index (χ0) is 11.7. The summed E-state index contributed by atoms with van der Waals surface area (Å²) in [5.41, 5.74) is 2.10. The first-order valence-electron chi connectivity index (χ1n) is 6.72. The van der Waals surface area contributed by atoms with Crippen molar-refractivity contribution in [3.8, 4) is 0 Å². The van der Waals surface area contributed by atoms with Crippen LogP contribution in [0.2, 0.25) is 0 Å². The second-order valence-electron chi connectivity index (χ2n) is 5.77. The van der Waals surface area contributed by atoms with E-state index in [0.717, 1.165) is 0 Å². The molecule has 1 atom stereocenters. The Bertz CT molecular complexity index is 398. The van der Waals surface area contributed by atoms with Gasteiger partial charge in [-0.3, -0.25) is 0 Å². The molecule has 1 aliphatic carbocycles. The highest BCUT2D eigenvalue weighted by Crippen LogP contribution is 2.41. The van der Waals surface area contributed by atoms with Crippen LogP contribution < -0.4 is 5.32 Å². The van der Waals surface area contributed by atoms with E-state index >= 15 is 0 Å². The second-order valence-corrected chi connectivity index (χ2v) is 6.91. The highest BCUT2D eigenvalue weighted by Gasteiger charge is 2.32. The lowest BCUT2D eigenvalue weighted by Gasteiger charge is -2.40. The molecule has 1 nitrogen and oxygen atoms in total. The van der Waals surface area contributed by atoms with Crippen LogP contribution in [0, 0.1) is 5.41 Å². The van der Waals surface area contributed by atoms with Crippen LogP contribution in [-0.2, 0) is 0 Å². The molecule has 3 rings (SSSR count). The van der Waals surface area contributed by atoms with Crippen molar-refractivity contribution in [2.45, 2.75) is 43.5 Å². The fraction of sp³-hybridized carbons (Fsp3) is 0.600. The Hall–Kier alpha value is -0.470. The third kappa shape index (κ3) is 2.38. The third-order valence-electron chi connectivity index (χ3n) is 4.29. The molecule has 17 heavy (non-hydrogen) atoms. The standard InChI is InChI=1S/C15H21NS/c1-15(8-4-9-15)11-16-13-7-10-17-14-6-3-2-5-12(13)14/h2-3,5-6,13,16H,4,7-11H2,1H3. The van der Waals surface area contributed by atoms with E-state index < -0.39 is 0 Å². The average molecular weight is 247 g/mol. The molecule has 0 saturated heterocycles.